The second kappa shape index (κ2) is 8.29. The largest absolute Gasteiger partial charge is 0.320 e. The third-order valence-electron chi connectivity index (χ3n) is 3.29. The summed E-state index contributed by atoms with van der Waals surface area (Å²) in [6.45, 7) is 1.45. The summed E-state index contributed by atoms with van der Waals surface area (Å²) in [5.74, 6) is 1.24. The van der Waals surface area contributed by atoms with Crippen molar-refractivity contribution in [3.8, 4) is 0 Å². The summed E-state index contributed by atoms with van der Waals surface area (Å²) in [4.78, 5) is 0. The third kappa shape index (κ3) is 7.97. The van der Waals surface area contributed by atoms with Crippen molar-refractivity contribution < 1.29 is 12.6 Å². The first-order valence-electron chi connectivity index (χ1n) is 6.00. The zero-order valence-electron chi connectivity index (χ0n) is 10.6. The molecule has 0 atom stereocenters. The van der Waals surface area contributed by atoms with Crippen molar-refractivity contribution in [3.63, 3.8) is 0 Å². The highest BCUT2D eigenvalue weighted by atomic mass is 35.5. The van der Waals surface area contributed by atoms with Crippen molar-refractivity contribution >= 4 is 22.5 Å². The Morgan fingerprint density at radius 3 is 2.18 bits per heavy atom. The van der Waals surface area contributed by atoms with E-state index in [2.05, 4.69) is 5.32 Å². The highest BCUT2D eigenvalue weighted by molar-refractivity contribution is 7.85. The molecule has 0 aromatic carbocycles. The molecule has 1 fully saturated rings. The van der Waals surface area contributed by atoms with E-state index < -0.39 is 10.1 Å². The Morgan fingerprint density at radius 2 is 1.71 bits per heavy atom. The molecule has 0 saturated heterocycles. The molecule has 0 amide bonds. The molecule has 0 aromatic heterocycles. The van der Waals surface area contributed by atoms with E-state index in [4.69, 9.17) is 4.18 Å². The second-order valence-corrected chi connectivity index (χ2v) is 6.41. The normalized spacial score (nSPS) is 25.3. The van der Waals surface area contributed by atoms with E-state index in [1.807, 2.05) is 7.05 Å². The third-order valence-corrected chi connectivity index (χ3v) is 3.85. The van der Waals surface area contributed by atoms with Crippen LogP contribution in [0.4, 0.5) is 0 Å². The summed E-state index contributed by atoms with van der Waals surface area (Å²) >= 11 is 0. The van der Waals surface area contributed by atoms with E-state index in [0.717, 1.165) is 31.6 Å². The van der Waals surface area contributed by atoms with E-state index in [-0.39, 0.29) is 12.4 Å². The number of rotatable bonds is 6. The molecule has 0 aromatic rings. The fourth-order valence-electron chi connectivity index (χ4n) is 2.26. The maximum absolute atomic E-state index is 10.8. The maximum Gasteiger partial charge on any atom is 0.264 e. The van der Waals surface area contributed by atoms with E-state index in [1.54, 1.807) is 0 Å². The first-order valence-corrected chi connectivity index (χ1v) is 7.82. The Hall–Kier alpha value is 0.160. The monoisotopic (exact) mass is 285 g/mol. The van der Waals surface area contributed by atoms with E-state index in [1.165, 1.54) is 19.3 Å². The molecule has 4 nitrogen and oxygen atoms in total. The standard InChI is InChI=1S/C11H23NO3S.ClH/c1-12-8-7-10-3-5-11(6-4-10)9-15-16(2,13)14;/h10-12H,3-9H2,1-2H3;1H/t10-,11-;. The predicted molar refractivity (Wildman–Crippen MR) is 72.0 cm³/mol. The molecular formula is C11H24ClNO3S. The van der Waals surface area contributed by atoms with Gasteiger partial charge in [0, 0.05) is 0 Å². The Bertz CT molecular complexity index is 287. The van der Waals surface area contributed by atoms with Gasteiger partial charge in [0.2, 0.25) is 0 Å². The molecule has 0 heterocycles. The van der Waals surface area contributed by atoms with Crippen LogP contribution in [0.15, 0.2) is 0 Å². The summed E-state index contributed by atoms with van der Waals surface area (Å²) in [5.41, 5.74) is 0. The molecule has 0 unspecified atom stereocenters. The molecule has 1 rings (SSSR count). The minimum absolute atomic E-state index is 0. The van der Waals surface area contributed by atoms with Gasteiger partial charge >= 0.3 is 0 Å². The summed E-state index contributed by atoms with van der Waals surface area (Å²) in [5, 5.41) is 3.17. The Labute approximate surface area is 111 Å². The highest BCUT2D eigenvalue weighted by Gasteiger charge is 2.21. The van der Waals surface area contributed by atoms with Crippen molar-refractivity contribution in [3.05, 3.63) is 0 Å². The van der Waals surface area contributed by atoms with Crippen LogP contribution in [0.25, 0.3) is 0 Å². The smallest absolute Gasteiger partial charge is 0.264 e. The van der Waals surface area contributed by atoms with Crippen LogP contribution in [0.3, 0.4) is 0 Å². The topological polar surface area (TPSA) is 55.4 Å². The van der Waals surface area contributed by atoms with Crippen LogP contribution in [-0.4, -0.2) is 34.9 Å². The van der Waals surface area contributed by atoms with Gasteiger partial charge in [-0.2, -0.15) is 8.42 Å². The molecule has 6 heteroatoms. The van der Waals surface area contributed by atoms with E-state index in [0.29, 0.717) is 12.5 Å². The first-order chi connectivity index (χ1) is 7.51. The van der Waals surface area contributed by atoms with Gasteiger partial charge in [-0.05, 0) is 44.7 Å². The molecule has 1 N–H and O–H groups in total. The SMILES string of the molecule is CNCC[C@H]1CC[C@H](COS(C)(=O)=O)CC1.Cl. The van der Waals surface area contributed by atoms with Crippen LogP contribution in [-0.2, 0) is 14.3 Å². The molecular weight excluding hydrogens is 262 g/mol. The minimum atomic E-state index is -3.26. The van der Waals surface area contributed by atoms with Gasteiger partial charge in [-0.3, -0.25) is 4.18 Å². The van der Waals surface area contributed by atoms with Crippen LogP contribution in [0.1, 0.15) is 32.1 Å². The van der Waals surface area contributed by atoms with Gasteiger partial charge in [0.25, 0.3) is 10.1 Å². The molecule has 0 aliphatic heterocycles. The number of hydrogen-bond acceptors (Lipinski definition) is 4. The Kier molecular flexibility index (Phi) is 8.37. The van der Waals surface area contributed by atoms with Gasteiger partial charge in [-0.15, -0.1) is 12.4 Å². The average Bonchev–Trinajstić information content (AvgIpc) is 2.24. The van der Waals surface area contributed by atoms with Gasteiger partial charge in [-0.25, -0.2) is 0 Å². The zero-order valence-corrected chi connectivity index (χ0v) is 12.3. The van der Waals surface area contributed by atoms with Gasteiger partial charge in [0.15, 0.2) is 0 Å². The van der Waals surface area contributed by atoms with Crippen LogP contribution in [0, 0.1) is 11.8 Å². The summed E-state index contributed by atoms with van der Waals surface area (Å²) < 4.78 is 26.5. The lowest BCUT2D eigenvalue weighted by atomic mass is 9.81. The lowest BCUT2D eigenvalue weighted by Gasteiger charge is -2.27. The molecule has 0 radical (unpaired) electrons. The van der Waals surface area contributed by atoms with Crippen LogP contribution in [0.2, 0.25) is 0 Å². The second-order valence-electron chi connectivity index (χ2n) is 4.77. The van der Waals surface area contributed by atoms with Crippen molar-refractivity contribution in [2.75, 3.05) is 26.5 Å². The molecule has 17 heavy (non-hydrogen) atoms. The average molecular weight is 286 g/mol. The van der Waals surface area contributed by atoms with E-state index in [9.17, 15) is 8.42 Å². The fourth-order valence-corrected chi connectivity index (χ4v) is 2.69. The molecule has 1 aliphatic rings. The van der Waals surface area contributed by atoms with Gasteiger partial charge < -0.3 is 5.32 Å². The molecule has 1 saturated carbocycles. The molecule has 104 valence electrons. The van der Waals surface area contributed by atoms with Gasteiger partial charge in [-0.1, -0.05) is 12.8 Å². The molecule has 0 bridgehead atoms. The lowest BCUT2D eigenvalue weighted by molar-refractivity contribution is 0.184. The van der Waals surface area contributed by atoms with Crippen LogP contribution >= 0.6 is 12.4 Å². The highest BCUT2D eigenvalue weighted by Crippen LogP contribution is 2.30. The predicted octanol–water partition coefficient (Wildman–Crippen LogP) is 1.80. The summed E-state index contributed by atoms with van der Waals surface area (Å²) in [7, 11) is -1.28. The van der Waals surface area contributed by atoms with Crippen LogP contribution < -0.4 is 5.32 Å². The maximum atomic E-state index is 10.8. The van der Waals surface area contributed by atoms with Crippen molar-refractivity contribution in [2.24, 2.45) is 11.8 Å². The number of halogens is 1. The minimum Gasteiger partial charge on any atom is -0.320 e. The summed E-state index contributed by atoms with van der Waals surface area (Å²) in [6.07, 6.45) is 6.97. The summed E-state index contributed by atoms with van der Waals surface area (Å²) in [6, 6.07) is 0. The Morgan fingerprint density at radius 1 is 1.18 bits per heavy atom. The van der Waals surface area contributed by atoms with Gasteiger partial charge in [0.05, 0.1) is 12.9 Å². The van der Waals surface area contributed by atoms with Crippen molar-refractivity contribution in [1.82, 2.24) is 5.32 Å². The number of nitrogens with one attached hydrogen (secondary N) is 1. The number of hydrogen-bond donors (Lipinski definition) is 1. The zero-order chi connectivity index (χ0) is 12.0. The van der Waals surface area contributed by atoms with Crippen molar-refractivity contribution in [2.45, 2.75) is 32.1 Å². The van der Waals surface area contributed by atoms with Crippen LogP contribution in [0.5, 0.6) is 0 Å². The first kappa shape index (κ1) is 17.2. The fraction of sp³-hybridized carbons (Fsp3) is 1.00. The quantitative estimate of drug-likeness (QED) is 0.756. The van der Waals surface area contributed by atoms with E-state index >= 15 is 0 Å². The lowest BCUT2D eigenvalue weighted by Crippen LogP contribution is -2.22. The molecule has 1 aliphatic carbocycles. The van der Waals surface area contributed by atoms with Gasteiger partial charge in [0.1, 0.15) is 0 Å². The Balaban J connectivity index is 0.00000256. The molecule has 0 spiro atoms. The van der Waals surface area contributed by atoms with Crippen molar-refractivity contribution in [1.29, 1.82) is 0 Å².